The Labute approximate surface area is 110 Å². The first-order valence-corrected chi connectivity index (χ1v) is 6.01. The normalized spacial score (nSPS) is 13.7. The molecule has 0 saturated carbocycles. The highest BCUT2D eigenvalue weighted by Crippen LogP contribution is 2.35. The van der Waals surface area contributed by atoms with E-state index < -0.39 is 29.4 Å². The van der Waals surface area contributed by atoms with Gasteiger partial charge in [0.1, 0.15) is 17.7 Å². The molecule has 0 fully saturated rings. The molecule has 102 valence electrons. The SMILES string of the molecule is CCCNC(c1cc(F)c(Br)cc1F)C(F)(F)F. The molecule has 0 aliphatic heterocycles. The van der Waals surface area contributed by atoms with Crippen LogP contribution in [-0.2, 0) is 0 Å². The third-order valence-electron chi connectivity index (χ3n) is 2.28. The quantitative estimate of drug-likeness (QED) is 0.639. The van der Waals surface area contributed by atoms with Gasteiger partial charge in [-0.2, -0.15) is 13.2 Å². The van der Waals surface area contributed by atoms with E-state index in [1.54, 1.807) is 6.92 Å². The molecule has 7 heteroatoms. The summed E-state index contributed by atoms with van der Waals surface area (Å²) in [6.07, 6.45) is -4.23. The van der Waals surface area contributed by atoms with Crippen molar-refractivity contribution in [3.05, 3.63) is 33.8 Å². The minimum atomic E-state index is -4.68. The maximum absolute atomic E-state index is 13.5. The fourth-order valence-electron chi connectivity index (χ4n) is 1.45. The van der Waals surface area contributed by atoms with Crippen molar-refractivity contribution in [1.82, 2.24) is 5.32 Å². The summed E-state index contributed by atoms with van der Waals surface area (Å²) < 4.78 is 64.8. The standard InChI is InChI=1S/C11H11BrF5N/c1-2-3-18-10(11(15,16)17)6-4-9(14)7(12)5-8(6)13/h4-5,10,18H,2-3H2,1H3. The third-order valence-corrected chi connectivity index (χ3v) is 2.88. The predicted molar refractivity (Wildman–Crippen MR) is 61.1 cm³/mol. The Bertz CT molecular complexity index is 419. The van der Waals surface area contributed by atoms with Gasteiger partial charge in [0.15, 0.2) is 0 Å². The summed E-state index contributed by atoms with van der Waals surface area (Å²) in [5.74, 6) is -2.03. The molecule has 1 unspecified atom stereocenters. The van der Waals surface area contributed by atoms with Crippen LogP contribution >= 0.6 is 15.9 Å². The lowest BCUT2D eigenvalue weighted by atomic mass is 10.1. The van der Waals surface area contributed by atoms with E-state index in [9.17, 15) is 22.0 Å². The summed E-state index contributed by atoms with van der Waals surface area (Å²) in [5.41, 5.74) is -0.739. The lowest BCUT2D eigenvalue weighted by molar-refractivity contribution is -0.158. The smallest absolute Gasteiger partial charge is 0.302 e. The average Bonchev–Trinajstić information content (AvgIpc) is 2.24. The van der Waals surface area contributed by atoms with Crippen LogP contribution in [0.5, 0.6) is 0 Å². The number of rotatable bonds is 4. The molecular weight excluding hydrogens is 321 g/mol. The summed E-state index contributed by atoms with van der Waals surface area (Å²) in [7, 11) is 0. The van der Waals surface area contributed by atoms with Crippen molar-refractivity contribution in [2.45, 2.75) is 25.6 Å². The van der Waals surface area contributed by atoms with Crippen molar-refractivity contribution in [2.24, 2.45) is 0 Å². The molecule has 0 saturated heterocycles. The molecule has 1 aromatic rings. The summed E-state index contributed by atoms with van der Waals surface area (Å²) in [6.45, 7) is 1.74. The van der Waals surface area contributed by atoms with Crippen LogP contribution in [0.2, 0.25) is 0 Å². The highest BCUT2D eigenvalue weighted by molar-refractivity contribution is 9.10. The van der Waals surface area contributed by atoms with Gasteiger partial charge in [-0.1, -0.05) is 6.92 Å². The first kappa shape index (κ1) is 15.4. The maximum atomic E-state index is 13.5. The lowest BCUT2D eigenvalue weighted by Crippen LogP contribution is -2.35. The Balaban J connectivity index is 3.16. The van der Waals surface area contributed by atoms with E-state index in [0.29, 0.717) is 18.6 Å². The van der Waals surface area contributed by atoms with Crippen molar-refractivity contribution < 1.29 is 22.0 Å². The molecule has 0 spiro atoms. The van der Waals surface area contributed by atoms with Crippen LogP contribution < -0.4 is 5.32 Å². The van der Waals surface area contributed by atoms with Crippen LogP contribution in [0.4, 0.5) is 22.0 Å². The fourth-order valence-corrected chi connectivity index (χ4v) is 1.77. The van der Waals surface area contributed by atoms with Crippen molar-refractivity contribution in [2.75, 3.05) is 6.54 Å². The zero-order valence-corrected chi connectivity index (χ0v) is 11.0. The van der Waals surface area contributed by atoms with E-state index in [2.05, 4.69) is 21.2 Å². The Kier molecular flexibility index (Phi) is 5.10. The van der Waals surface area contributed by atoms with Crippen LogP contribution in [0.1, 0.15) is 24.9 Å². The molecule has 1 rings (SSSR count). The van der Waals surface area contributed by atoms with Crippen molar-refractivity contribution in [3.8, 4) is 0 Å². The minimum Gasteiger partial charge on any atom is -0.302 e. The van der Waals surface area contributed by atoms with Gasteiger partial charge in [0.2, 0.25) is 0 Å². The largest absolute Gasteiger partial charge is 0.408 e. The molecule has 18 heavy (non-hydrogen) atoms. The minimum absolute atomic E-state index is 0.0568. The zero-order chi connectivity index (χ0) is 13.9. The molecule has 1 atom stereocenters. The number of hydrogen-bond donors (Lipinski definition) is 1. The van der Waals surface area contributed by atoms with Crippen LogP contribution in [0, 0.1) is 11.6 Å². The second kappa shape index (κ2) is 5.97. The topological polar surface area (TPSA) is 12.0 Å². The van der Waals surface area contributed by atoms with Gasteiger partial charge in [-0.3, -0.25) is 0 Å². The molecule has 1 nitrogen and oxygen atoms in total. The van der Waals surface area contributed by atoms with Gasteiger partial charge in [-0.15, -0.1) is 0 Å². The summed E-state index contributed by atoms with van der Waals surface area (Å²) in [4.78, 5) is 0. The van der Waals surface area contributed by atoms with Gasteiger partial charge >= 0.3 is 6.18 Å². The van der Waals surface area contributed by atoms with E-state index >= 15 is 0 Å². The number of benzene rings is 1. The van der Waals surface area contributed by atoms with Crippen molar-refractivity contribution in [1.29, 1.82) is 0 Å². The van der Waals surface area contributed by atoms with Crippen molar-refractivity contribution in [3.63, 3.8) is 0 Å². The highest BCUT2D eigenvalue weighted by atomic mass is 79.9. The third kappa shape index (κ3) is 3.65. The molecule has 0 heterocycles. The Morgan fingerprint density at radius 1 is 1.22 bits per heavy atom. The van der Waals surface area contributed by atoms with E-state index in [4.69, 9.17) is 0 Å². The number of nitrogens with one attached hydrogen (secondary N) is 1. The summed E-state index contributed by atoms with van der Waals surface area (Å²) in [6, 6.07) is -0.961. The predicted octanol–water partition coefficient (Wildman–Crippen LogP) is 4.33. The Hall–Kier alpha value is -0.690. The van der Waals surface area contributed by atoms with Crippen molar-refractivity contribution >= 4 is 15.9 Å². The number of hydrogen-bond acceptors (Lipinski definition) is 1. The second-order valence-electron chi connectivity index (χ2n) is 3.72. The van der Waals surface area contributed by atoms with E-state index in [0.717, 1.165) is 0 Å². The average molecular weight is 332 g/mol. The molecule has 0 bridgehead atoms. The first-order valence-electron chi connectivity index (χ1n) is 5.22. The van der Waals surface area contributed by atoms with Crippen LogP contribution in [0.25, 0.3) is 0 Å². The van der Waals surface area contributed by atoms with Gasteiger partial charge in [0, 0.05) is 5.56 Å². The monoisotopic (exact) mass is 331 g/mol. The van der Waals surface area contributed by atoms with Gasteiger partial charge in [0.25, 0.3) is 0 Å². The fraction of sp³-hybridized carbons (Fsp3) is 0.455. The molecule has 0 radical (unpaired) electrons. The molecule has 0 aromatic heterocycles. The molecule has 1 aromatic carbocycles. The first-order chi connectivity index (χ1) is 8.27. The van der Waals surface area contributed by atoms with Crippen LogP contribution in [-0.4, -0.2) is 12.7 Å². The Morgan fingerprint density at radius 3 is 2.33 bits per heavy atom. The van der Waals surface area contributed by atoms with Crippen LogP contribution in [0.3, 0.4) is 0 Å². The molecule has 0 aliphatic rings. The van der Waals surface area contributed by atoms with Gasteiger partial charge in [0.05, 0.1) is 4.47 Å². The summed E-state index contributed by atoms with van der Waals surface area (Å²) >= 11 is 2.72. The molecule has 0 amide bonds. The Morgan fingerprint density at radius 2 is 1.83 bits per heavy atom. The van der Waals surface area contributed by atoms with E-state index in [1.807, 2.05) is 0 Å². The summed E-state index contributed by atoms with van der Waals surface area (Å²) in [5, 5.41) is 2.17. The van der Waals surface area contributed by atoms with Gasteiger partial charge in [-0.25, -0.2) is 8.78 Å². The second-order valence-corrected chi connectivity index (χ2v) is 4.57. The zero-order valence-electron chi connectivity index (χ0n) is 9.41. The molecular formula is C11H11BrF5N. The molecule has 1 N–H and O–H groups in total. The number of alkyl halides is 3. The lowest BCUT2D eigenvalue weighted by Gasteiger charge is -2.22. The van der Waals surface area contributed by atoms with E-state index in [1.165, 1.54) is 0 Å². The van der Waals surface area contributed by atoms with E-state index in [-0.39, 0.29) is 11.0 Å². The van der Waals surface area contributed by atoms with Gasteiger partial charge in [-0.05, 0) is 41.0 Å². The molecule has 0 aliphatic carbocycles. The maximum Gasteiger partial charge on any atom is 0.408 e. The number of halogens is 6. The van der Waals surface area contributed by atoms with Crippen LogP contribution in [0.15, 0.2) is 16.6 Å². The highest BCUT2D eigenvalue weighted by Gasteiger charge is 2.42. The van der Waals surface area contributed by atoms with Gasteiger partial charge < -0.3 is 5.32 Å².